The van der Waals surface area contributed by atoms with Gasteiger partial charge in [-0.05, 0) is 101 Å². The van der Waals surface area contributed by atoms with Gasteiger partial charge in [0, 0.05) is 41.5 Å². The minimum atomic E-state index is -0.752. The Morgan fingerprint density at radius 3 is 2.59 bits per heavy atom. The quantitative estimate of drug-likeness (QED) is 0.357. The molecular formula is C31H44N4O2. The number of aliphatic carboxylic acids is 1. The van der Waals surface area contributed by atoms with E-state index >= 15 is 0 Å². The van der Waals surface area contributed by atoms with Gasteiger partial charge in [-0.15, -0.1) is 0 Å². The first-order valence-electron chi connectivity index (χ1n) is 14.5. The predicted octanol–water partition coefficient (Wildman–Crippen LogP) is 6.39. The van der Waals surface area contributed by atoms with Crippen molar-refractivity contribution >= 4 is 5.97 Å². The van der Waals surface area contributed by atoms with Gasteiger partial charge in [0.2, 0.25) is 0 Å². The van der Waals surface area contributed by atoms with Gasteiger partial charge < -0.3 is 5.11 Å². The minimum absolute atomic E-state index is 0. The molecule has 0 aromatic carbocycles. The molecule has 0 bridgehead atoms. The third-order valence-electron chi connectivity index (χ3n) is 8.77. The monoisotopic (exact) mass is 504 g/mol. The molecule has 0 spiro atoms. The topological polar surface area (TPSA) is 79.2 Å². The summed E-state index contributed by atoms with van der Waals surface area (Å²) in [4.78, 5) is 29.1. The number of fused-ring (bicyclic) bond motifs is 1. The molecule has 3 fully saturated rings. The summed E-state index contributed by atoms with van der Waals surface area (Å²) in [5, 5.41) is 10.2. The molecular weight excluding hydrogens is 460 g/mol. The van der Waals surface area contributed by atoms with E-state index in [0.29, 0.717) is 17.8 Å². The lowest BCUT2D eigenvalue weighted by Gasteiger charge is -2.26. The number of rotatable bonds is 11. The first kappa shape index (κ1) is 26.3. The summed E-state index contributed by atoms with van der Waals surface area (Å²) in [5.41, 5.74) is 5.94. The highest BCUT2D eigenvalue weighted by Gasteiger charge is 2.39. The van der Waals surface area contributed by atoms with Crippen LogP contribution in [0.3, 0.4) is 0 Å². The largest absolute Gasteiger partial charge is 0.480 e. The molecule has 1 unspecified atom stereocenters. The summed E-state index contributed by atoms with van der Waals surface area (Å²) in [6, 6.07) is 3.94. The van der Waals surface area contributed by atoms with Crippen molar-refractivity contribution in [1.29, 1.82) is 0 Å². The Morgan fingerprint density at radius 2 is 1.81 bits per heavy atom. The molecule has 4 aliphatic rings. The molecule has 0 radical (unpaired) electrons. The third kappa shape index (κ3) is 6.22. The molecule has 3 heterocycles. The molecule has 1 aliphatic heterocycles. The Kier molecular flexibility index (Phi) is 8.23. The minimum Gasteiger partial charge on any atom is -0.480 e. The van der Waals surface area contributed by atoms with Crippen molar-refractivity contribution in [2.24, 2.45) is 5.92 Å². The van der Waals surface area contributed by atoms with Gasteiger partial charge in [0.15, 0.2) is 0 Å². The fourth-order valence-electron chi connectivity index (χ4n) is 6.35. The maximum absolute atomic E-state index is 12.4. The number of nitrogens with zero attached hydrogens (tertiary/aromatic N) is 4. The summed E-state index contributed by atoms with van der Waals surface area (Å²) in [6.45, 7) is 1.73. The second-order valence-electron chi connectivity index (χ2n) is 11.7. The number of unbranched alkanes of at least 4 members (excludes halogenated alkanes) is 2. The van der Waals surface area contributed by atoms with Crippen molar-refractivity contribution in [2.75, 3.05) is 13.1 Å². The van der Waals surface area contributed by atoms with Crippen LogP contribution in [0.15, 0.2) is 18.3 Å². The van der Waals surface area contributed by atoms with E-state index in [1.807, 2.05) is 6.20 Å². The number of aryl methyl sites for hydroxylation is 3. The highest BCUT2D eigenvalue weighted by atomic mass is 16.4. The molecule has 2 atom stereocenters. The van der Waals surface area contributed by atoms with Crippen LogP contribution in [0.5, 0.6) is 0 Å². The van der Waals surface area contributed by atoms with Crippen molar-refractivity contribution in [2.45, 2.75) is 115 Å². The molecule has 200 valence electrons. The van der Waals surface area contributed by atoms with Gasteiger partial charge >= 0.3 is 5.97 Å². The van der Waals surface area contributed by atoms with Gasteiger partial charge in [0.05, 0.1) is 5.69 Å². The number of aromatic nitrogens is 3. The normalized spacial score (nSPS) is 22.3. The van der Waals surface area contributed by atoms with E-state index < -0.39 is 12.0 Å². The second kappa shape index (κ2) is 11.6. The van der Waals surface area contributed by atoms with E-state index in [4.69, 9.17) is 9.97 Å². The first-order chi connectivity index (χ1) is 17.7. The molecule has 3 aliphatic carbocycles. The Bertz CT molecular complexity index is 1090. The molecule has 2 saturated carbocycles. The Labute approximate surface area is 222 Å². The molecule has 2 aromatic rings. The number of carboxylic acid groups (broad SMARTS) is 1. The van der Waals surface area contributed by atoms with E-state index in [1.54, 1.807) is 0 Å². The van der Waals surface area contributed by atoms with E-state index in [1.165, 1.54) is 74.7 Å². The Balaban J connectivity index is 0.00000280. The average molecular weight is 505 g/mol. The highest BCUT2D eigenvalue weighted by Crippen LogP contribution is 2.45. The molecule has 1 saturated heterocycles. The number of hydrogen-bond donors (Lipinski definition) is 1. The summed E-state index contributed by atoms with van der Waals surface area (Å²) in [7, 11) is 0. The van der Waals surface area contributed by atoms with Crippen LogP contribution in [0.2, 0.25) is 0 Å². The zero-order valence-corrected chi connectivity index (χ0v) is 21.5. The second-order valence-corrected chi connectivity index (χ2v) is 11.7. The number of hydrogen-bond acceptors (Lipinski definition) is 5. The number of pyridine rings is 1. The fraction of sp³-hybridized carbons (Fsp3) is 0.677. The highest BCUT2D eigenvalue weighted by molar-refractivity contribution is 5.76. The molecule has 1 N–H and O–H groups in total. The van der Waals surface area contributed by atoms with Crippen molar-refractivity contribution in [3.63, 3.8) is 0 Å². The summed E-state index contributed by atoms with van der Waals surface area (Å²) in [5.74, 6) is 1.71. The van der Waals surface area contributed by atoms with E-state index in [0.717, 1.165) is 62.3 Å². The standard InChI is InChI=1S/C30H40N4O2.CH4/c35-30(36)28(25-18-31-29(23-12-13-23)33-27(25)22-10-11-22)34-17-16-20(19-34)6-2-1-3-8-24-15-14-21-7-4-5-9-26(21)32-24;/h14-15,18,20,22-23,28H,1-13,16-17,19H2,(H,35,36);1H4/t20-,28?;/m1./s1. The van der Waals surface area contributed by atoms with Crippen molar-refractivity contribution < 1.29 is 9.90 Å². The van der Waals surface area contributed by atoms with Gasteiger partial charge in [0.1, 0.15) is 11.9 Å². The van der Waals surface area contributed by atoms with Crippen LogP contribution in [0.25, 0.3) is 0 Å². The molecule has 6 nitrogen and oxygen atoms in total. The average Bonchev–Trinajstić information content (AvgIpc) is 3.82. The van der Waals surface area contributed by atoms with Gasteiger partial charge in [-0.25, -0.2) is 9.97 Å². The van der Waals surface area contributed by atoms with Crippen LogP contribution >= 0.6 is 0 Å². The van der Waals surface area contributed by atoms with Gasteiger partial charge in [-0.2, -0.15) is 0 Å². The van der Waals surface area contributed by atoms with E-state index in [-0.39, 0.29) is 7.43 Å². The Hall–Kier alpha value is -2.34. The third-order valence-corrected chi connectivity index (χ3v) is 8.77. The van der Waals surface area contributed by atoms with Crippen LogP contribution in [-0.4, -0.2) is 44.0 Å². The van der Waals surface area contributed by atoms with Crippen LogP contribution in [0.4, 0.5) is 0 Å². The smallest absolute Gasteiger partial charge is 0.325 e. The summed E-state index contributed by atoms with van der Waals surface area (Å²) in [6.07, 6.45) is 18.4. The number of carboxylic acids is 1. The number of likely N-dealkylation sites (tertiary alicyclic amines) is 1. The maximum atomic E-state index is 12.4. The lowest BCUT2D eigenvalue weighted by atomic mass is 9.95. The van der Waals surface area contributed by atoms with Crippen molar-refractivity contribution in [1.82, 2.24) is 19.9 Å². The van der Waals surface area contributed by atoms with Gasteiger partial charge in [-0.3, -0.25) is 14.7 Å². The van der Waals surface area contributed by atoms with E-state index in [2.05, 4.69) is 22.0 Å². The molecule has 6 heteroatoms. The summed E-state index contributed by atoms with van der Waals surface area (Å²) < 4.78 is 0. The van der Waals surface area contributed by atoms with Crippen LogP contribution in [-0.2, 0) is 24.1 Å². The van der Waals surface area contributed by atoms with Gasteiger partial charge in [0.25, 0.3) is 0 Å². The Morgan fingerprint density at radius 1 is 1.00 bits per heavy atom. The van der Waals surface area contributed by atoms with Crippen molar-refractivity contribution in [3.8, 4) is 0 Å². The van der Waals surface area contributed by atoms with Gasteiger partial charge in [-0.1, -0.05) is 26.3 Å². The lowest BCUT2D eigenvalue weighted by Crippen LogP contribution is -2.33. The zero-order valence-electron chi connectivity index (χ0n) is 21.5. The first-order valence-corrected chi connectivity index (χ1v) is 14.5. The van der Waals surface area contributed by atoms with Crippen LogP contribution in [0, 0.1) is 5.92 Å². The fourth-order valence-corrected chi connectivity index (χ4v) is 6.35. The molecule has 37 heavy (non-hydrogen) atoms. The SMILES string of the molecule is C.O=C(O)C(c1cnc(C2CC2)nc1C1CC1)N1CC[C@@H](CCCCCc2ccc3c(n2)CCCC3)C1. The lowest BCUT2D eigenvalue weighted by molar-refractivity contribution is -0.143. The zero-order chi connectivity index (χ0) is 24.5. The number of carbonyl (C=O) groups is 1. The maximum Gasteiger partial charge on any atom is 0.325 e. The van der Waals surface area contributed by atoms with E-state index in [9.17, 15) is 9.90 Å². The molecule has 0 amide bonds. The van der Waals surface area contributed by atoms with Crippen LogP contribution in [0.1, 0.15) is 130 Å². The molecule has 6 rings (SSSR count). The van der Waals surface area contributed by atoms with Crippen LogP contribution < -0.4 is 0 Å². The summed E-state index contributed by atoms with van der Waals surface area (Å²) >= 11 is 0. The molecule has 2 aromatic heterocycles. The predicted molar refractivity (Wildman–Crippen MR) is 146 cm³/mol. The van der Waals surface area contributed by atoms with Crippen molar-refractivity contribution in [3.05, 3.63) is 52.4 Å².